The third-order valence-electron chi connectivity index (χ3n) is 3.63. The topological polar surface area (TPSA) is 63.5 Å². The van der Waals surface area contributed by atoms with Crippen LogP contribution in [-0.2, 0) is 13.1 Å². The number of nitrogens with one attached hydrogen (secondary N) is 2. The van der Waals surface area contributed by atoms with Crippen LogP contribution in [0.15, 0.2) is 41.9 Å². The number of imidazole rings is 1. The van der Waals surface area contributed by atoms with Crippen molar-refractivity contribution in [3.8, 4) is 5.75 Å². The predicted octanol–water partition coefficient (Wildman–Crippen LogP) is 3.56. The van der Waals surface area contributed by atoms with Crippen LogP contribution in [0.25, 0.3) is 0 Å². The average Bonchev–Trinajstić information content (AvgIpc) is 3.11. The van der Waals surface area contributed by atoms with Crippen LogP contribution in [0.3, 0.4) is 0 Å². The monoisotopic (exact) mass is 493 g/mol. The SMILES string of the molecule is CCNC(=NCc1cc(C)ccc1OC(F)F)NCCCn1ccnc1.I. The maximum Gasteiger partial charge on any atom is 0.387 e. The molecule has 27 heavy (non-hydrogen) atoms. The van der Waals surface area contributed by atoms with Gasteiger partial charge in [-0.25, -0.2) is 9.98 Å². The van der Waals surface area contributed by atoms with Gasteiger partial charge in [-0.05, 0) is 26.3 Å². The number of guanidine groups is 1. The number of aryl methyl sites for hydroxylation is 2. The van der Waals surface area contributed by atoms with Crippen molar-refractivity contribution in [3.05, 3.63) is 48.0 Å². The Balaban J connectivity index is 0.00000364. The number of alkyl halides is 2. The third kappa shape index (κ3) is 8.55. The molecular formula is C18H26F2IN5O. The van der Waals surface area contributed by atoms with Crippen LogP contribution >= 0.6 is 24.0 Å². The quantitative estimate of drug-likeness (QED) is 0.243. The van der Waals surface area contributed by atoms with Gasteiger partial charge < -0.3 is 19.9 Å². The summed E-state index contributed by atoms with van der Waals surface area (Å²) in [5.74, 6) is 0.799. The van der Waals surface area contributed by atoms with Crippen molar-refractivity contribution in [2.24, 2.45) is 4.99 Å². The molecule has 2 rings (SSSR count). The number of hydrogen-bond acceptors (Lipinski definition) is 3. The summed E-state index contributed by atoms with van der Waals surface area (Å²) in [7, 11) is 0. The molecule has 150 valence electrons. The smallest absolute Gasteiger partial charge is 0.387 e. The molecule has 9 heteroatoms. The Kier molecular flexibility index (Phi) is 10.7. The second-order valence-corrected chi connectivity index (χ2v) is 5.77. The molecule has 0 fully saturated rings. The number of nitrogens with zero attached hydrogens (tertiary/aromatic N) is 3. The summed E-state index contributed by atoms with van der Waals surface area (Å²) < 4.78 is 31.7. The summed E-state index contributed by atoms with van der Waals surface area (Å²) in [6, 6.07) is 5.10. The molecule has 1 aromatic heterocycles. The molecular weight excluding hydrogens is 467 g/mol. The van der Waals surface area contributed by atoms with Crippen molar-refractivity contribution in [1.82, 2.24) is 20.2 Å². The molecule has 6 nitrogen and oxygen atoms in total. The van der Waals surface area contributed by atoms with Crippen LogP contribution < -0.4 is 15.4 Å². The Labute approximate surface area is 175 Å². The highest BCUT2D eigenvalue weighted by molar-refractivity contribution is 14.0. The fourth-order valence-electron chi connectivity index (χ4n) is 2.44. The minimum absolute atomic E-state index is 0. The molecule has 0 saturated heterocycles. The van der Waals surface area contributed by atoms with Gasteiger partial charge in [-0.2, -0.15) is 8.78 Å². The Morgan fingerprint density at radius 3 is 2.81 bits per heavy atom. The zero-order chi connectivity index (χ0) is 18.8. The van der Waals surface area contributed by atoms with E-state index in [2.05, 4.69) is 25.3 Å². The number of hydrogen-bond donors (Lipinski definition) is 2. The van der Waals surface area contributed by atoms with Crippen LogP contribution in [0.4, 0.5) is 8.78 Å². The van der Waals surface area contributed by atoms with Gasteiger partial charge in [0.1, 0.15) is 5.75 Å². The van der Waals surface area contributed by atoms with E-state index in [1.165, 1.54) is 0 Å². The van der Waals surface area contributed by atoms with E-state index in [0.29, 0.717) is 18.1 Å². The first-order chi connectivity index (χ1) is 12.6. The van der Waals surface area contributed by atoms with Crippen molar-refractivity contribution >= 4 is 29.9 Å². The number of rotatable bonds is 9. The van der Waals surface area contributed by atoms with E-state index in [9.17, 15) is 8.78 Å². The van der Waals surface area contributed by atoms with Gasteiger partial charge in [0.05, 0.1) is 12.9 Å². The average molecular weight is 493 g/mol. The summed E-state index contributed by atoms with van der Waals surface area (Å²) in [4.78, 5) is 8.48. The maximum absolute atomic E-state index is 12.6. The van der Waals surface area contributed by atoms with E-state index < -0.39 is 6.61 Å². The molecule has 1 heterocycles. The summed E-state index contributed by atoms with van der Waals surface area (Å²) in [5.41, 5.74) is 1.59. The Bertz CT molecular complexity index is 695. The molecule has 0 aliphatic carbocycles. The summed E-state index contributed by atoms with van der Waals surface area (Å²) in [6.07, 6.45) is 6.36. The molecule has 1 aromatic carbocycles. The zero-order valence-corrected chi connectivity index (χ0v) is 17.8. The fourth-order valence-corrected chi connectivity index (χ4v) is 2.44. The Hall–Kier alpha value is -1.91. The largest absolute Gasteiger partial charge is 0.434 e. The van der Waals surface area contributed by atoms with Gasteiger partial charge >= 0.3 is 6.61 Å². The highest BCUT2D eigenvalue weighted by Crippen LogP contribution is 2.22. The summed E-state index contributed by atoms with van der Waals surface area (Å²) in [5, 5.41) is 6.40. The van der Waals surface area contributed by atoms with Crippen molar-refractivity contribution in [3.63, 3.8) is 0 Å². The lowest BCUT2D eigenvalue weighted by Crippen LogP contribution is -2.38. The van der Waals surface area contributed by atoms with E-state index in [4.69, 9.17) is 0 Å². The van der Waals surface area contributed by atoms with Gasteiger partial charge in [0, 0.05) is 37.6 Å². The minimum Gasteiger partial charge on any atom is -0.434 e. The van der Waals surface area contributed by atoms with Crippen molar-refractivity contribution in [1.29, 1.82) is 0 Å². The second kappa shape index (κ2) is 12.5. The van der Waals surface area contributed by atoms with Gasteiger partial charge in [0.15, 0.2) is 5.96 Å². The maximum atomic E-state index is 12.6. The van der Waals surface area contributed by atoms with Gasteiger partial charge in [-0.1, -0.05) is 17.7 Å². The lowest BCUT2D eigenvalue weighted by molar-refractivity contribution is -0.0504. The van der Waals surface area contributed by atoms with Gasteiger partial charge in [0.2, 0.25) is 0 Å². The lowest BCUT2D eigenvalue weighted by atomic mass is 10.1. The number of halogens is 3. The van der Waals surface area contributed by atoms with Gasteiger partial charge in [-0.15, -0.1) is 24.0 Å². The second-order valence-electron chi connectivity index (χ2n) is 5.77. The highest BCUT2D eigenvalue weighted by atomic mass is 127. The third-order valence-corrected chi connectivity index (χ3v) is 3.63. The highest BCUT2D eigenvalue weighted by Gasteiger charge is 2.10. The Morgan fingerprint density at radius 1 is 1.33 bits per heavy atom. The standard InChI is InChI=1S/C18H25F2N5O.HI/c1-3-22-18(23-7-4-9-25-10-8-21-13-25)24-12-15-11-14(2)5-6-16(15)26-17(19)20;/h5-6,8,10-11,13,17H,3-4,7,9,12H2,1-2H3,(H2,22,23,24);1H. The first-order valence-electron chi connectivity index (χ1n) is 8.60. The van der Waals surface area contributed by atoms with Crippen LogP contribution in [0.2, 0.25) is 0 Å². The summed E-state index contributed by atoms with van der Waals surface area (Å²) in [6.45, 7) is 3.58. The predicted molar refractivity (Wildman–Crippen MR) is 113 cm³/mol. The number of aliphatic imine (C=N–C) groups is 1. The van der Waals surface area contributed by atoms with Crippen molar-refractivity contribution in [2.75, 3.05) is 13.1 Å². The molecule has 0 saturated carbocycles. The molecule has 2 aromatic rings. The van der Waals surface area contributed by atoms with E-state index in [-0.39, 0.29) is 36.3 Å². The molecule has 0 radical (unpaired) electrons. The molecule has 0 unspecified atom stereocenters. The van der Waals surface area contributed by atoms with E-state index in [1.807, 2.05) is 30.7 Å². The van der Waals surface area contributed by atoms with Crippen LogP contribution in [0.5, 0.6) is 5.75 Å². The molecule has 0 amide bonds. The van der Waals surface area contributed by atoms with E-state index in [0.717, 1.165) is 25.1 Å². The lowest BCUT2D eigenvalue weighted by Gasteiger charge is -2.13. The van der Waals surface area contributed by atoms with Crippen LogP contribution in [-0.4, -0.2) is 35.2 Å². The molecule has 2 N–H and O–H groups in total. The molecule has 0 spiro atoms. The molecule has 0 aliphatic rings. The number of aromatic nitrogens is 2. The fraction of sp³-hybridized carbons (Fsp3) is 0.444. The Morgan fingerprint density at radius 2 is 2.15 bits per heavy atom. The van der Waals surface area contributed by atoms with Gasteiger partial charge in [0.25, 0.3) is 0 Å². The van der Waals surface area contributed by atoms with E-state index >= 15 is 0 Å². The van der Waals surface area contributed by atoms with Crippen LogP contribution in [0, 0.1) is 6.92 Å². The van der Waals surface area contributed by atoms with Crippen LogP contribution in [0.1, 0.15) is 24.5 Å². The first-order valence-corrected chi connectivity index (χ1v) is 8.60. The molecule has 0 bridgehead atoms. The number of ether oxygens (including phenoxy) is 1. The minimum atomic E-state index is -2.85. The normalized spacial score (nSPS) is 11.2. The van der Waals surface area contributed by atoms with Crippen molar-refractivity contribution in [2.45, 2.75) is 40.0 Å². The molecule has 0 atom stereocenters. The first kappa shape index (κ1) is 23.1. The zero-order valence-electron chi connectivity index (χ0n) is 15.5. The molecule has 0 aliphatic heterocycles. The summed E-state index contributed by atoms with van der Waals surface area (Å²) >= 11 is 0. The van der Waals surface area contributed by atoms with E-state index in [1.54, 1.807) is 24.7 Å². The van der Waals surface area contributed by atoms with Gasteiger partial charge in [-0.3, -0.25) is 0 Å². The van der Waals surface area contributed by atoms with Crippen molar-refractivity contribution < 1.29 is 13.5 Å². The number of benzene rings is 1.